The fraction of sp³-hybridized carbons (Fsp3) is 0.250. The first kappa shape index (κ1) is 15.5. The van der Waals surface area contributed by atoms with Crippen LogP contribution in [0.4, 0.5) is 13.2 Å². The summed E-state index contributed by atoms with van der Waals surface area (Å²) in [6.45, 7) is 1.48. The maximum atomic E-state index is 12.9. The van der Waals surface area contributed by atoms with Gasteiger partial charge in [0.2, 0.25) is 10.0 Å². The molecule has 9 heteroatoms. The number of H-pyrrole nitrogens is 1. The number of benzene rings is 1. The Morgan fingerprint density at radius 3 is 2.52 bits per heavy atom. The van der Waals surface area contributed by atoms with Crippen molar-refractivity contribution < 1.29 is 21.6 Å². The van der Waals surface area contributed by atoms with E-state index in [0.717, 1.165) is 18.2 Å². The summed E-state index contributed by atoms with van der Waals surface area (Å²) >= 11 is 0. The Labute approximate surface area is 119 Å². The smallest absolute Gasteiger partial charge is 0.347 e. The standard InChI is InChI=1S/C12H12F3N3O2S/c1-8(11-16-6-7-17-11)18-21(19,20)10-5-3-2-4-9(10)12(13,14)15/h2-8,18H,1H3,(H,16,17). The summed E-state index contributed by atoms with van der Waals surface area (Å²) in [7, 11) is -4.33. The van der Waals surface area contributed by atoms with Crippen LogP contribution in [-0.2, 0) is 16.2 Å². The monoisotopic (exact) mass is 319 g/mol. The average molecular weight is 319 g/mol. The minimum absolute atomic E-state index is 0.308. The summed E-state index contributed by atoms with van der Waals surface area (Å²) in [4.78, 5) is 5.75. The van der Waals surface area contributed by atoms with E-state index in [0.29, 0.717) is 5.82 Å². The van der Waals surface area contributed by atoms with Gasteiger partial charge in [-0.3, -0.25) is 0 Å². The Morgan fingerprint density at radius 2 is 1.95 bits per heavy atom. The number of hydrogen-bond donors (Lipinski definition) is 2. The molecule has 0 saturated heterocycles. The van der Waals surface area contributed by atoms with E-state index in [1.54, 1.807) is 0 Å². The van der Waals surface area contributed by atoms with Gasteiger partial charge in [0, 0.05) is 12.4 Å². The topological polar surface area (TPSA) is 74.8 Å². The molecule has 1 heterocycles. The average Bonchev–Trinajstić information content (AvgIpc) is 2.91. The second-order valence-corrected chi connectivity index (χ2v) is 5.99. The molecular weight excluding hydrogens is 307 g/mol. The minimum atomic E-state index is -4.75. The number of halogens is 3. The van der Waals surface area contributed by atoms with Gasteiger partial charge in [0.1, 0.15) is 5.82 Å². The number of imidazole rings is 1. The number of hydrogen-bond acceptors (Lipinski definition) is 3. The summed E-state index contributed by atoms with van der Waals surface area (Å²) in [5.41, 5.74) is -1.20. The van der Waals surface area contributed by atoms with Crippen LogP contribution in [0.15, 0.2) is 41.6 Å². The van der Waals surface area contributed by atoms with Crippen LogP contribution in [0, 0.1) is 0 Å². The highest BCUT2D eigenvalue weighted by molar-refractivity contribution is 7.89. The zero-order valence-electron chi connectivity index (χ0n) is 10.8. The van der Waals surface area contributed by atoms with Gasteiger partial charge in [-0.15, -0.1) is 0 Å². The molecule has 0 aliphatic carbocycles. The lowest BCUT2D eigenvalue weighted by molar-refractivity contribution is -0.139. The number of sulfonamides is 1. The molecule has 0 saturated carbocycles. The van der Waals surface area contributed by atoms with E-state index in [1.165, 1.54) is 25.4 Å². The predicted octanol–water partition coefficient (Wildman–Crippen LogP) is 2.47. The van der Waals surface area contributed by atoms with E-state index in [9.17, 15) is 21.6 Å². The fourth-order valence-corrected chi connectivity index (χ4v) is 3.24. The van der Waals surface area contributed by atoms with Gasteiger partial charge in [-0.25, -0.2) is 18.1 Å². The molecule has 114 valence electrons. The van der Waals surface area contributed by atoms with E-state index in [-0.39, 0.29) is 0 Å². The largest absolute Gasteiger partial charge is 0.417 e. The normalized spacial score (nSPS) is 14.1. The van der Waals surface area contributed by atoms with Gasteiger partial charge in [0.05, 0.1) is 16.5 Å². The maximum absolute atomic E-state index is 12.9. The number of rotatable bonds is 4. The first-order valence-electron chi connectivity index (χ1n) is 5.89. The third kappa shape index (κ3) is 3.42. The van der Waals surface area contributed by atoms with Crippen LogP contribution in [0.2, 0.25) is 0 Å². The molecule has 1 atom stereocenters. The SMILES string of the molecule is CC(NS(=O)(=O)c1ccccc1C(F)(F)F)c1ncc[nH]1. The maximum Gasteiger partial charge on any atom is 0.417 e. The lowest BCUT2D eigenvalue weighted by Crippen LogP contribution is -2.29. The third-order valence-electron chi connectivity index (χ3n) is 2.74. The number of nitrogens with one attached hydrogen (secondary N) is 2. The number of alkyl halides is 3. The molecule has 0 aliphatic rings. The molecule has 0 radical (unpaired) electrons. The van der Waals surface area contributed by atoms with Crippen molar-refractivity contribution in [3.05, 3.63) is 48.0 Å². The second-order valence-electron chi connectivity index (χ2n) is 4.31. The summed E-state index contributed by atoms with van der Waals surface area (Å²) in [6.07, 6.45) is -1.84. The van der Waals surface area contributed by atoms with E-state index in [2.05, 4.69) is 14.7 Å². The third-order valence-corrected chi connectivity index (χ3v) is 4.34. The van der Waals surface area contributed by atoms with Gasteiger partial charge < -0.3 is 4.98 Å². The van der Waals surface area contributed by atoms with Gasteiger partial charge in [-0.1, -0.05) is 12.1 Å². The molecular formula is C12H12F3N3O2S. The Kier molecular flexibility index (Phi) is 4.06. The summed E-state index contributed by atoms with van der Waals surface area (Å²) in [5, 5.41) is 0. The van der Waals surface area contributed by atoms with Crippen LogP contribution in [0.25, 0.3) is 0 Å². The highest BCUT2D eigenvalue weighted by Gasteiger charge is 2.37. The van der Waals surface area contributed by atoms with E-state index < -0.39 is 32.7 Å². The Balaban J connectivity index is 2.37. The highest BCUT2D eigenvalue weighted by Crippen LogP contribution is 2.34. The van der Waals surface area contributed by atoms with Crippen LogP contribution in [0.3, 0.4) is 0 Å². The summed E-state index contributed by atoms with van der Waals surface area (Å²) in [5.74, 6) is 0.308. The van der Waals surface area contributed by atoms with Crippen molar-refractivity contribution in [2.75, 3.05) is 0 Å². The predicted molar refractivity (Wildman–Crippen MR) is 68.8 cm³/mol. The van der Waals surface area contributed by atoms with Crippen LogP contribution in [0.5, 0.6) is 0 Å². The van der Waals surface area contributed by atoms with E-state index >= 15 is 0 Å². The van der Waals surface area contributed by atoms with Crippen molar-refractivity contribution in [2.24, 2.45) is 0 Å². The molecule has 2 N–H and O–H groups in total. The van der Waals surface area contributed by atoms with Gasteiger partial charge in [0.15, 0.2) is 0 Å². The highest BCUT2D eigenvalue weighted by atomic mass is 32.2. The minimum Gasteiger partial charge on any atom is -0.347 e. The lowest BCUT2D eigenvalue weighted by atomic mass is 10.2. The van der Waals surface area contributed by atoms with Gasteiger partial charge in [0.25, 0.3) is 0 Å². The number of aromatic nitrogens is 2. The van der Waals surface area contributed by atoms with Crippen LogP contribution in [0.1, 0.15) is 24.4 Å². The summed E-state index contributed by atoms with van der Waals surface area (Å²) < 4.78 is 65.1. The van der Waals surface area contributed by atoms with Crippen molar-refractivity contribution in [1.29, 1.82) is 0 Å². The fourth-order valence-electron chi connectivity index (χ4n) is 1.80. The van der Waals surface area contributed by atoms with E-state index in [1.807, 2.05) is 0 Å². The van der Waals surface area contributed by atoms with Gasteiger partial charge in [-0.05, 0) is 19.1 Å². The molecule has 0 spiro atoms. The zero-order valence-corrected chi connectivity index (χ0v) is 11.7. The van der Waals surface area contributed by atoms with Crippen molar-refractivity contribution in [1.82, 2.24) is 14.7 Å². The number of nitrogens with zero attached hydrogens (tertiary/aromatic N) is 1. The molecule has 0 amide bonds. The molecule has 2 aromatic rings. The van der Waals surface area contributed by atoms with Crippen molar-refractivity contribution in [3.63, 3.8) is 0 Å². The molecule has 5 nitrogen and oxygen atoms in total. The van der Waals surface area contributed by atoms with Crippen LogP contribution >= 0.6 is 0 Å². The Morgan fingerprint density at radius 1 is 1.29 bits per heavy atom. The molecule has 0 aliphatic heterocycles. The Bertz CT molecular complexity index is 712. The van der Waals surface area contributed by atoms with Crippen molar-refractivity contribution >= 4 is 10.0 Å². The van der Waals surface area contributed by atoms with Crippen molar-refractivity contribution in [3.8, 4) is 0 Å². The van der Waals surface area contributed by atoms with E-state index in [4.69, 9.17) is 0 Å². The molecule has 2 rings (SSSR count). The second kappa shape index (κ2) is 5.49. The Hall–Kier alpha value is -1.87. The quantitative estimate of drug-likeness (QED) is 0.909. The van der Waals surface area contributed by atoms with Gasteiger partial charge in [-0.2, -0.15) is 13.2 Å². The molecule has 0 fully saturated rings. The van der Waals surface area contributed by atoms with Crippen molar-refractivity contribution in [2.45, 2.75) is 24.0 Å². The van der Waals surface area contributed by atoms with Gasteiger partial charge >= 0.3 is 6.18 Å². The molecule has 1 aromatic carbocycles. The molecule has 0 bridgehead atoms. The first-order valence-corrected chi connectivity index (χ1v) is 7.38. The van der Waals surface area contributed by atoms with Crippen LogP contribution < -0.4 is 4.72 Å². The molecule has 1 aromatic heterocycles. The van der Waals surface area contributed by atoms with Crippen LogP contribution in [-0.4, -0.2) is 18.4 Å². The summed E-state index contributed by atoms with van der Waals surface area (Å²) in [6, 6.07) is 3.23. The first-order chi connectivity index (χ1) is 9.72. The number of aromatic amines is 1. The molecule has 21 heavy (non-hydrogen) atoms. The lowest BCUT2D eigenvalue weighted by Gasteiger charge is -2.16. The molecule has 1 unspecified atom stereocenters. The zero-order chi connectivity index (χ0) is 15.7.